The molecule has 1 aromatic heterocycles. The maximum atomic E-state index is 13.3. The van der Waals surface area contributed by atoms with Crippen LogP contribution in [-0.2, 0) is 35.1 Å². The van der Waals surface area contributed by atoms with Crippen molar-refractivity contribution < 1.29 is 33.8 Å². The summed E-state index contributed by atoms with van der Waals surface area (Å²) in [6, 6.07) is 7.10. The van der Waals surface area contributed by atoms with E-state index in [1.165, 1.54) is 0 Å². The lowest BCUT2D eigenvalue weighted by Crippen LogP contribution is -2.44. The Hall–Kier alpha value is -3.92. The molecule has 2 aromatic rings. The summed E-state index contributed by atoms with van der Waals surface area (Å²) in [7, 11) is 0. The van der Waals surface area contributed by atoms with Crippen LogP contribution in [-0.4, -0.2) is 65.2 Å². The molecule has 0 fully saturated rings. The normalized spacial score (nSPS) is 13.5. The molecule has 0 saturated heterocycles. The fourth-order valence-corrected chi connectivity index (χ4v) is 4.36. The maximum absolute atomic E-state index is 13.3. The molecule has 2 rings (SSSR count). The molecular weight excluding hydrogens is 526 g/mol. The van der Waals surface area contributed by atoms with Crippen LogP contribution in [0.15, 0.2) is 55.8 Å². The minimum Gasteiger partial charge on any atom is -0.463 e. The number of nitrogens with one attached hydrogen (secondary N) is 3. The van der Waals surface area contributed by atoms with Gasteiger partial charge in [-0.25, -0.2) is 0 Å². The van der Waals surface area contributed by atoms with Gasteiger partial charge >= 0.3 is 11.9 Å². The Balaban J connectivity index is 2.19. The molecule has 0 radical (unpaired) electrons. The standard InChI is InChI=1S/C31H43N3O7/c1-6-10-21(17-27(36)32-14-15-35)29(38)34-24(16-23-19-33-26-13-9-8-12-25(23)26)20-40-30(39)22(11-7-2)18-28(37)41-31(3,4)5/h6-9,12-13,19,21-22,24,33,35H,1-2,10-11,14-18,20H2,3-5H3,(H,32,36)(H,34,38)/t21-,22-,24-/m1/s1. The van der Waals surface area contributed by atoms with E-state index in [4.69, 9.17) is 14.6 Å². The highest BCUT2D eigenvalue weighted by atomic mass is 16.6. The number of para-hydroxylation sites is 1. The number of allylic oxidation sites excluding steroid dienone is 2. The first kappa shape index (κ1) is 33.3. The summed E-state index contributed by atoms with van der Waals surface area (Å²) in [4.78, 5) is 54.2. The number of ether oxygens (including phenoxy) is 2. The first-order chi connectivity index (χ1) is 19.5. The number of hydrogen-bond donors (Lipinski definition) is 4. The van der Waals surface area contributed by atoms with E-state index in [2.05, 4.69) is 28.8 Å². The average molecular weight is 570 g/mol. The minimum absolute atomic E-state index is 0.0885. The van der Waals surface area contributed by atoms with Gasteiger partial charge in [0.15, 0.2) is 0 Å². The number of carbonyl (C=O) groups excluding carboxylic acids is 4. The number of amides is 2. The van der Waals surface area contributed by atoms with Crippen molar-refractivity contribution in [1.82, 2.24) is 15.6 Å². The second-order valence-electron chi connectivity index (χ2n) is 10.9. The van der Waals surface area contributed by atoms with Gasteiger partial charge in [-0.05, 0) is 51.7 Å². The number of benzene rings is 1. The van der Waals surface area contributed by atoms with Gasteiger partial charge in [0.2, 0.25) is 11.8 Å². The van der Waals surface area contributed by atoms with Gasteiger partial charge < -0.3 is 30.2 Å². The van der Waals surface area contributed by atoms with Crippen LogP contribution in [0.2, 0.25) is 0 Å². The number of carbonyl (C=O) groups is 4. The van der Waals surface area contributed by atoms with Gasteiger partial charge in [0.1, 0.15) is 12.2 Å². The number of fused-ring (bicyclic) bond motifs is 1. The number of aliphatic hydroxyl groups is 1. The van der Waals surface area contributed by atoms with Crippen molar-refractivity contribution in [2.24, 2.45) is 11.8 Å². The van der Waals surface area contributed by atoms with Gasteiger partial charge in [-0.3, -0.25) is 19.2 Å². The second-order valence-corrected chi connectivity index (χ2v) is 10.9. The molecule has 4 N–H and O–H groups in total. The van der Waals surface area contributed by atoms with Crippen LogP contribution in [0.3, 0.4) is 0 Å². The van der Waals surface area contributed by atoms with E-state index in [0.717, 1.165) is 16.5 Å². The van der Waals surface area contributed by atoms with Gasteiger partial charge in [0.05, 0.1) is 30.9 Å². The zero-order valence-electron chi connectivity index (χ0n) is 24.2. The highest BCUT2D eigenvalue weighted by molar-refractivity contribution is 5.86. The van der Waals surface area contributed by atoms with Crippen molar-refractivity contribution in [3.05, 3.63) is 61.3 Å². The molecule has 0 aliphatic carbocycles. The van der Waals surface area contributed by atoms with Crippen LogP contribution in [0.1, 0.15) is 52.0 Å². The lowest BCUT2D eigenvalue weighted by Gasteiger charge is -2.24. The van der Waals surface area contributed by atoms with Crippen molar-refractivity contribution in [1.29, 1.82) is 0 Å². The average Bonchev–Trinajstić information content (AvgIpc) is 3.31. The number of esters is 2. The third kappa shape index (κ3) is 11.6. The molecule has 41 heavy (non-hydrogen) atoms. The Bertz CT molecular complexity index is 1200. The van der Waals surface area contributed by atoms with Gasteiger partial charge in [-0.1, -0.05) is 30.4 Å². The Morgan fingerprint density at radius 2 is 1.73 bits per heavy atom. The highest BCUT2D eigenvalue weighted by Crippen LogP contribution is 2.21. The maximum Gasteiger partial charge on any atom is 0.309 e. The molecule has 0 aliphatic rings. The molecule has 0 spiro atoms. The number of hydrogen-bond acceptors (Lipinski definition) is 7. The quantitative estimate of drug-likeness (QED) is 0.169. The van der Waals surface area contributed by atoms with Crippen LogP contribution in [0.4, 0.5) is 0 Å². The van der Waals surface area contributed by atoms with Gasteiger partial charge in [0.25, 0.3) is 0 Å². The van der Waals surface area contributed by atoms with E-state index < -0.39 is 35.4 Å². The van der Waals surface area contributed by atoms with Crippen LogP contribution in [0.5, 0.6) is 0 Å². The molecule has 0 saturated carbocycles. The molecule has 1 aromatic carbocycles. The van der Waals surface area contributed by atoms with E-state index in [9.17, 15) is 19.2 Å². The first-order valence-electron chi connectivity index (χ1n) is 13.8. The van der Waals surface area contributed by atoms with Gasteiger partial charge in [-0.15, -0.1) is 13.2 Å². The Labute approximate surface area is 241 Å². The monoisotopic (exact) mass is 569 g/mol. The van der Waals surface area contributed by atoms with Crippen LogP contribution >= 0.6 is 0 Å². The van der Waals surface area contributed by atoms with Crippen LogP contribution in [0.25, 0.3) is 10.9 Å². The van der Waals surface area contributed by atoms with E-state index in [-0.39, 0.29) is 57.3 Å². The van der Waals surface area contributed by atoms with E-state index in [1.54, 1.807) is 32.9 Å². The van der Waals surface area contributed by atoms with Gasteiger partial charge in [0, 0.05) is 30.1 Å². The zero-order chi connectivity index (χ0) is 30.4. The molecule has 10 heteroatoms. The topological polar surface area (TPSA) is 147 Å². The lowest BCUT2D eigenvalue weighted by atomic mass is 9.98. The summed E-state index contributed by atoms with van der Waals surface area (Å²) in [6.45, 7) is 12.4. The molecule has 1 heterocycles. The van der Waals surface area contributed by atoms with Gasteiger partial charge in [-0.2, -0.15) is 0 Å². The van der Waals surface area contributed by atoms with Crippen molar-refractivity contribution in [2.45, 2.75) is 64.5 Å². The summed E-state index contributed by atoms with van der Waals surface area (Å²) < 4.78 is 11.0. The number of H-pyrrole nitrogens is 1. The van der Waals surface area contributed by atoms with Crippen molar-refractivity contribution in [3.8, 4) is 0 Å². The minimum atomic E-state index is -0.782. The number of aliphatic hydroxyl groups excluding tert-OH is 1. The number of aromatic amines is 1. The second kappa shape index (κ2) is 16.4. The predicted octanol–water partition coefficient (Wildman–Crippen LogP) is 3.35. The predicted molar refractivity (Wildman–Crippen MR) is 157 cm³/mol. The third-order valence-electron chi connectivity index (χ3n) is 6.22. The Morgan fingerprint density at radius 1 is 1.05 bits per heavy atom. The van der Waals surface area contributed by atoms with Crippen molar-refractivity contribution in [3.63, 3.8) is 0 Å². The summed E-state index contributed by atoms with van der Waals surface area (Å²) in [6.07, 6.45) is 5.53. The molecule has 3 atom stereocenters. The fourth-order valence-electron chi connectivity index (χ4n) is 4.36. The fraction of sp³-hybridized carbons (Fsp3) is 0.484. The molecule has 224 valence electrons. The third-order valence-corrected chi connectivity index (χ3v) is 6.22. The molecule has 0 aliphatic heterocycles. The summed E-state index contributed by atoms with van der Waals surface area (Å²) in [5, 5.41) is 15.4. The van der Waals surface area contributed by atoms with E-state index >= 15 is 0 Å². The lowest BCUT2D eigenvalue weighted by molar-refractivity contribution is -0.161. The van der Waals surface area contributed by atoms with Crippen molar-refractivity contribution in [2.75, 3.05) is 19.8 Å². The number of aromatic nitrogens is 1. The van der Waals surface area contributed by atoms with E-state index in [1.807, 2.05) is 30.5 Å². The highest BCUT2D eigenvalue weighted by Gasteiger charge is 2.28. The molecule has 0 unspecified atom stereocenters. The molecule has 10 nitrogen and oxygen atoms in total. The smallest absolute Gasteiger partial charge is 0.309 e. The SMILES string of the molecule is C=CC[C@H](CC(=O)NCCO)C(=O)N[C@@H](COC(=O)[C@H](CC=C)CC(=O)OC(C)(C)C)Cc1c[nH]c2ccccc12. The molecular formula is C31H43N3O7. The van der Waals surface area contributed by atoms with Crippen LogP contribution in [0, 0.1) is 11.8 Å². The van der Waals surface area contributed by atoms with Crippen LogP contribution < -0.4 is 10.6 Å². The summed E-state index contributed by atoms with van der Waals surface area (Å²) in [5.41, 5.74) is 1.16. The summed E-state index contributed by atoms with van der Waals surface area (Å²) in [5.74, 6) is -3.35. The van der Waals surface area contributed by atoms with Crippen molar-refractivity contribution >= 4 is 34.7 Å². The van der Waals surface area contributed by atoms with E-state index in [0.29, 0.717) is 6.42 Å². The zero-order valence-corrected chi connectivity index (χ0v) is 24.2. The largest absolute Gasteiger partial charge is 0.463 e. The number of rotatable bonds is 17. The molecule has 2 amide bonds. The molecule has 0 bridgehead atoms. The Kier molecular flexibility index (Phi) is 13.3. The first-order valence-corrected chi connectivity index (χ1v) is 13.8. The summed E-state index contributed by atoms with van der Waals surface area (Å²) >= 11 is 0. The Morgan fingerprint density at radius 3 is 2.39 bits per heavy atom.